The normalized spacial score (nSPS) is 12.8. The van der Waals surface area contributed by atoms with Gasteiger partial charge in [-0.2, -0.15) is 0 Å². The van der Waals surface area contributed by atoms with Crippen LogP contribution in [-0.2, 0) is 4.79 Å². The fourth-order valence-electron chi connectivity index (χ4n) is 0.566. The highest BCUT2D eigenvalue weighted by molar-refractivity contribution is 7.15. The van der Waals surface area contributed by atoms with Crippen molar-refractivity contribution in [2.75, 3.05) is 5.73 Å². The molecule has 0 amide bonds. The zero-order valence-electron chi connectivity index (χ0n) is 5.52. The molecule has 0 aliphatic carbocycles. The second-order valence-corrected chi connectivity index (χ2v) is 3.01. The van der Waals surface area contributed by atoms with Gasteiger partial charge in [-0.1, -0.05) is 0 Å². The fourth-order valence-corrected chi connectivity index (χ4v) is 1.25. The molecule has 0 spiro atoms. The van der Waals surface area contributed by atoms with E-state index in [-0.39, 0.29) is 0 Å². The molecule has 1 heterocycles. The third kappa shape index (κ3) is 1.66. The smallest absolute Gasteiger partial charge is 0.326 e. The number of rotatable bonds is 2. The minimum atomic E-state index is -1.08. The minimum absolute atomic E-state index is 0.330. The topological polar surface area (TPSA) is 102 Å². The molecule has 60 valence electrons. The average molecular weight is 173 g/mol. The number of carboxylic acid groups (broad SMARTS) is 1. The van der Waals surface area contributed by atoms with Gasteiger partial charge >= 0.3 is 5.97 Å². The van der Waals surface area contributed by atoms with Gasteiger partial charge in [-0.05, 0) is 0 Å². The summed E-state index contributed by atoms with van der Waals surface area (Å²) in [4.78, 5) is 14.5. The first-order valence-corrected chi connectivity index (χ1v) is 3.62. The SMILES string of the molecule is Nc1ncc(C(N)C(=O)O)s1. The van der Waals surface area contributed by atoms with Crippen LogP contribution in [0.1, 0.15) is 10.9 Å². The van der Waals surface area contributed by atoms with Crippen LogP contribution in [0.25, 0.3) is 0 Å². The van der Waals surface area contributed by atoms with Crippen molar-refractivity contribution in [2.24, 2.45) is 5.73 Å². The van der Waals surface area contributed by atoms with Crippen molar-refractivity contribution >= 4 is 22.4 Å². The lowest BCUT2D eigenvalue weighted by Gasteiger charge is -1.99. The van der Waals surface area contributed by atoms with Crippen molar-refractivity contribution in [1.82, 2.24) is 4.98 Å². The van der Waals surface area contributed by atoms with Crippen LogP contribution in [0.5, 0.6) is 0 Å². The lowest BCUT2D eigenvalue weighted by Crippen LogP contribution is -2.19. The van der Waals surface area contributed by atoms with Gasteiger partial charge in [0.2, 0.25) is 0 Å². The van der Waals surface area contributed by atoms with E-state index in [1.54, 1.807) is 0 Å². The summed E-state index contributed by atoms with van der Waals surface area (Å²) in [5.74, 6) is -1.08. The molecule has 1 rings (SSSR count). The van der Waals surface area contributed by atoms with Gasteiger partial charge < -0.3 is 16.6 Å². The molecule has 0 fully saturated rings. The predicted octanol–water partition coefficient (Wildman–Crippen LogP) is -0.190. The third-order valence-electron chi connectivity index (χ3n) is 1.11. The summed E-state index contributed by atoms with van der Waals surface area (Å²) in [6.07, 6.45) is 1.37. The molecule has 0 radical (unpaired) electrons. The number of hydrogen-bond acceptors (Lipinski definition) is 5. The van der Waals surface area contributed by atoms with Gasteiger partial charge in [0, 0.05) is 6.20 Å². The quantitative estimate of drug-likeness (QED) is 0.575. The molecule has 0 aliphatic rings. The number of aliphatic carboxylic acids is 1. The monoisotopic (exact) mass is 173 g/mol. The third-order valence-corrected chi connectivity index (χ3v) is 2.02. The van der Waals surface area contributed by atoms with E-state index in [0.717, 1.165) is 11.3 Å². The maximum absolute atomic E-state index is 10.3. The first-order valence-electron chi connectivity index (χ1n) is 2.81. The van der Waals surface area contributed by atoms with E-state index in [1.807, 2.05) is 0 Å². The molecule has 11 heavy (non-hydrogen) atoms. The molecule has 0 bridgehead atoms. The highest BCUT2D eigenvalue weighted by Crippen LogP contribution is 2.20. The van der Waals surface area contributed by atoms with Crippen LogP contribution in [-0.4, -0.2) is 16.1 Å². The summed E-state index contributed by atoms with van der Waals surface area (Å²) in [7, 11) is 0. The van der Waals surface area contributed by atoms with Crippen LogP contribution in [0.15, 0.2) is 6.20 Å². The Morgan fingerprint density at radius 2 is 2.45 bits per heavy atom. The summed E-state index contributed by atoms with van der Waals surface area (Å²) in [6, 6.07) is -1.01. The van der Waals surface area contributed by atoms with Crippen molar-refractivity contribution in [3.8, 4) is 0 Å². The van der Waals surface area contributed by atoms with Crippen LogP contribution in [0.4, 0.5) is 5.13 Å². The molecule has 0 saturated carbocycles. The molecule has 1 atom stereocenters. The summed E-state index contributed by atoms with van der Waals surface area (Å²) in [5.41, 5.74) is 10.5. The van der Waals surface area contributed by atoms with Crippen LogP contribution < -0.4 is 11.5 Å². The second-order valence-electron chi connectivity index (χ2n) is 1.92. The molecule has 1 aromatic rings. The van der Waals surface area contributed by atoms with E-state index in [9.17, 15) is 4.79 Å². The highest BCUT2D eigenvalue weighted by Gasteiger charge is 2.16. The Hall–Kier alpha value is -1.14. The number of anilines is 1. The largest absolute Gasteiger partial charge is 0.480 e. The Kier molecular flexibility index (Phi) is 2.06. The maximum Gasteiger partial charge on any atom is 0.326 e. The van der Waals surface area contributed by atoms with E-state index in [2.05, 4.69) is 4.98 Å². The molecular formula is C5H7N3O2S. The van der Waals surface area contributed by atoms with Crippen LogP contribution in [0.3, 0.4) is 0 Å². The summed E-state index contributed by atoms with van der Waals surface area (Å²) in [5, 5.41) is 8.79. The van der Waals surface area contributed by atoms with Gasteiger partial charge in [0.05, 0.1) is 4.88 Å². The fraction of sp³-hybridized carbons (Fsp3) is 0.200. The van der Waals surface area contributed by atoms with E-state index in [0.29, 0.717) is 10.0 Å². The Bertz CT molecular complexity index is 272. The number of carboxylic acids is 1. The van der Waals surface area contributed by atoms with Gasteiger partial charge in [-0.3, -0.25) is 4.79 Å². The van der Waals surface area contributed by atoms with E-state index < -0.39 is 12.0 Å². The number of nitrogen functional groups attached to an aromatic ring is 1. The molecular weight excluding hydrogens is 166 g/mol. The zero-order valence-corrected chi connectivity index (χ0v) is 6.34. The van der Waals surface area contributed by atoms with Gasteiger partial charge in [-0.25, -0.2) is 4.98 Å². The molecule has 6 heteroatoms. The maximum atomic E-state index is 10.3. The van der Waals surface area contributed by atoms with Crippen LogP contribution >= 0.6 is 11.3 Å². The first-order chi connectivity index (χ1) is 5.11. The molecule has 1 aromatic heterocycles. The van der Waals surface area contributed by atoms with Crippen LogP contribution in [0.2, 0.25) is 0 Å². The lowest BCUT2D eigenvalue weighted by molar-refractivity contribution is -0.138. The van der Waals surface area contributed by atoms with Gasteiger partial charge in [0.25, 0.3) is 0 Å². The van der Waals surface area contributed by atoms with E-state index in [1.165, 1.54) is 6.20 Å². The Balaban J connectivity index is 2.84. The van der Waals surface area contributed by atoms with Crippen molar-refractivity contribution in [3.63, 3.8) is 0 Å². The lowest BCUT2D eigenvalue weighted by atomic mass is 10.3. The van der Waals surface area contributed by atoms with Crippen molar-refractivity contribution in [1.29, 1.82) is 0 Å². The molecule has 0 saturated heterocycles. The van der Waals surface area contributed by atoms with Gasteiger partial charge in [0.15, 0.2) is 5.13 Å². The minimum Gasteiger partial charge on any atom is -0.480 e. The molecule has 1 unspecified atom stereocenters. The Morgan fingerprint density at radius 1 is 1.82 bits per heavy atom. The number of thiazole rings is 1. The highest BCUT2D eigenvalue weighted by atomic mass is 32.1. The Morgan fingerprint density at radius 3 is 2.82 bits per heavy atom. The first kappa shape index (κ1) is 7.96. The second kappa shape index (κ2) is 2.85. The van der Waals surface area contributed by atoms with E-state index >= 15 is 0 Å². The standard InChI is InChI=1S/C5H7N3O2S/c6-3(4(9)10)2-1-8-5(7)11-2/h1,3H,6H2,(H2,7,8)(H,9,10). The van der Waals surface area contributed by atoms with Crippen LogP contribution in [0, 0.1) is 0 Å². The van der Waals surface area contributed by atoms with Crippen molar-refractivity contribution in [2.45, 2.75) is 6.04 Å². The predicted molar refractivity (Wildman–Crippen MR) is 41.1 cm³/mol. The average Bonchev–Trinajstić information content (AvgIpc) is 2.34. The molecule has 0 aliphatic heterocycles. The number of nitrogens with two attached hydrogens (primary N) is 2. The summed E-state index contributed by atoms with van der Waals surface area (Å²) >= 11 is 1.08. The van der Waals surface area contributed by atoms with Crippen molar-refractivity contribution in [3.05, 3.63) is 11.1 Å². The summed E-state index contributed by atoms with van der Waals surface area (Å²) in [6.45, 7) is 0. The van der Waals surface area contributed by atoms with Gasteiger partial charge in [0.1, 0.15) is 6.04 Å². The van der Waals surface area contributed by atoms with Gasteiger partial charge in [-0.15, -0.1) is 11.3 Å². The summed E-state index contributed by atoms with van der Waals surface area (Å²) < 4.78 is 0. The molecule has 0 aromatic carbocycles. The van der Waals surface area contributed by atoms with Crippen molar-refractivity contribution < 1.29 is 9.90 Å². The number of carbonyl (C=O) groups is 1. The van der Waals surface area contributed by atoms with E-state index in [4.69, 9.17) is 16.6 Å². The number of hydrogen-bond donors (Lipinski definition) is 3. The number of nitrogens with zero attached hydrogens (tertiary/aromatic N) is 1. The molecule has 5 nitrogen and oxygen atoms in total. The Labute approximate surface area is 66.7 Å². The number of aromatic nitrogens is 1. The molecule has 5 N–H and O–H groups in total. The zero-order chi connectivity index (χ0) is 8.43.